The molecule has 4 nitrogen and oxygen atoms in total. The highest BCUT2D eigenvalue weighted by Gasteiger charge is 2.18. The van der Waals surface area contributed by atoms with Gasteiger partial charge in [-0.25, -0.2) is 0 Å². The van der Waals surface area contributed by atoms with Crippen molar-refractivity contribution in [2.45, 2.75) is 19.3 Å². The van der Waals surface area contributed by atoms with E-state index < -0.39 is 0 Å². The lowest BCUT2D eigenvalue weighted by Crippen LogP contribution is -2.35. The molecule has 0 radical (unpaired) electrons. The second-order valence-corrected chi connectivity index (χ2v) is 5.25. The minimum absolute atomic E-state index is 0.163. The largest absolute Gasteiger partial charge is 0.399 e. The van der Waals surface area contributed by atoms with Crippen LogP contribution in [0, 0.1) is 5.92 Å². The monoisotopic (exact) mass is 262 g/mol. The first-order valence-electron chi connectivity index (χ1n) is 6.81. The number of nitrogen functional groups attached to an aromatic ring is 1. The zero-order valence-electron chi connectivity index (χ0n) is 11.5. The van der Waals surface area contributed by atoms with Gasteiger partial charge >= 0.3 is 0 Å². The van der Waals surface area contributed by atoms with E-state index in [0.717, 1.165) is 43.9 Å². The van der Waals surface area contributed by atoms with E-state index in [1.807, 2.05) is 36.2 Å². The summed E-state index contributed by atoms with van der Waals surface area (Å²) >= 11 is 0. The maximum absolute atomic E-state index is 12.1. The van der Waals surface area contributed by atoms with Gasteiger partial charge in [0.25, 0.3) is 0 Å². The van der Waals surface area contributed by atoms with E-state index in [-0.39, 0.29) is 5.91 Å². The number of nitrogens with zero attached hydrogens (tertiary/aromatic N) is 1. The number of rotatable bonds is 4. The molecule has 104 valence electrons. The van der Waals surface area contributed by atoms with Crippen molar-refractivity contribution in [3.63, 3.8) is 0 Å². The molecule has 4 heteroatoms. The number of ether oxygens (including phenoxy) is 1. The van der Waals surface area contributed by atoms with Gasteiger partial charge in [0.1, 0.15) is 0 Å². The van der Waals surface area contributed by atoms with Crippen molar-refractivity contribution in [1.29, 1.82) is 0 Å². The van der Waals surface area contributed by atoms with Gasteiger partial charge in [0, 0.05) is 32.5 Å². The highest BCUT2D eigenvalue weighted by atomic mass is 16.5. The Balaban J connectivity index is 1.83. The van der Waals surface area contributed by atoms with E-state index in [9.17, 15) is 4.79 Å². The van der Waals surface area contributed by atoms with E-state index in [1.54, 1.807) is 0 Å². The molecule has 0 aromatic heterocycles. The minimum atomic E-state index is 0.163. The van der Waals surface area contributed by atoms with Gasteiger partial charge < -0.3 is 15.4 Å². The van der Waals surface area contributed by atoms with Gasteiger partial charge in [-0.2, -0.15) is 0 Å². The third-order valence-electron chi connectivity index (χ3n) is 3.63. The second-order valence-electron chi connectivity index (χ2n) is 5.25. The Morgan fingerprint density at radius 1 is 1.32 bits per heavy atom. The molecule has 1 saturated heterocycles. The summed E-state index contributed by atoms with van der Waals surface area (Å²) < 4.78 is 5.33. The summed E-state index contributed by atoms with van der Waals surface area (Å²) in [4.78, 5) is 14.0. The van der Waals surface area contributed by atoms with Gasteiger partial charge in [-0.1, -0.05) is 12.1 Å². The number of hydrogen-bond acceptors (Lipinski definition) is 3. The molecule has 2 rings (SSSR count). The summed E-state index contributed by atoms with van der Waals surface area (Å²) in [6.07, 6.45) is 2.55. The Morgan fingerprint density at radius 2 is 1.95 bits per heavy atom. The second kappa shape index (κ2) is 6.57. The molecule has 0 saturated carbocycles. The first-order chi connectivity index (χ1) is 9.15. The first-order valence-corrected chi connectivity index (χ1v) is 6.81. The summed E-state index contributed by atoms with van der Waals surface area (Å²) in [6, 6.07) is 7.49. The molecule has 2 N–H and O–H groups in total. The van der Waals surface area contributed by atoms with Crippen LogP contribution in [0.15, 0.2) is 24.3 Å². The molecule has 1 amide bonds. The topological polar surface area (TPSA) is 55.6 Å². The average molecular weight is 262 g/mol. The SMILES string of the molecule is CN(CC1CCOCC1)C(=O)Cc1ccc(N)cc1. The van der Waals surface area contributed by atoms with Crippen molar-refractivity contribution >= 4 is 11.6 Å². The van der Waals surface area contributed by atoms with Gasteiger partial charge in [-0.05, 0) is 36.5 Å². The van der Waals surface area contributed by atoms with Crippen LogP contribution < -0.4 is 5.73 Å². The Bertz CT molecular complexity index is 411. The van der Waals surface area contributed by atoms with Crippen LogP contribution in [0.3, 0.4) is 0 Å². The fourth-order valence-corrected chi connectivity index (χ4v) is 2.36. The van der Waals surface area contributed by atoms with Gasteiger partial charge in [0.15, 0.2) is 0 Å². The summed E-state index contributed by atoms with van der Waals surface area (Å²) in [5.74, 6) is 0.741. The predicted molar refractivity (Wildman–Crippen MR) is 75.7 cm³/mol. The molecule has 1 aromatic rings. The third-order valence-corrected chi connectivity index (χ3v) is 3.63. The van der Waals surface area contributed by atoms with E-state index in [1.165, 1.54) is 0 Å². The van der Waals surface area contributed by atoms with Gasteiger partial charge in [0.2, 0.25) is 5.91 Å². The van der Waals surface area contributed by atoms with E-state index in [2.05, 4.69) is 0 Å². The molecule has 0 aliphatic carbocycles. The Hall–Kier alpha value is -1.55. The van der Waals surface area contributed by atoms with E-state index in [4.69, 9.17) is 10.5 Å². The zero-order chi connectivity index (χ0) is 13.7. The van der Waals surface area contributed by atoms with Crippen molar-refractivity contribution in [2.75, 3.05) is 32.5 Å². The van der Waals surface area contributed by atoms with Crippen LogP contribution in [0.2, 0.25) is 0 Å². The van der Waals surface area contributed by atoms with Crippen molar-refractivity contribution in [3.05, 3.63) is 29.8 Å². The molecule has 1 aliphatic rings. The fraction of sp³-hybridized carbons (Fsp3) is 0.533. The maximum Gasteiger partial charge on any atom is 0.226 e. The number of nitrogens with two attached hydrogens (primary N) is 1. The molecule has 1 heterocycles. The lowest BCUT2D eigenvalue weighted by molar-refractivity contribution is -0.130. The van der Waals surface area contributed by atoms with Crippen LogP contribution in [-0.2, 0) is 16.0 Å². The lowest BCUT2D eigenvalue weighted by atomic mass is 9.99. The summed E-state index contributed by atoms with van der Waals surface area (Å²) in [5, 5.41) is 0. The Kier molecular flexibility index (Phi) is 4.80. The molecule has 0 spiro atoms. The molecule has 19 heavy (non-hydrogen) atoms. The summed E-state index contributed by atoms with van der Waals surface area (Å²) in [6.45, 7) is 2.48. The van der Waals surface area contributed by atoms with Crippen molar-refractivity contribution in [1.82, 2.24) is 4.90 Å². The molecule has 0 unspecified atom stereocenters. The highest BCUT2D eigenvalue weighted by Crippen LogP contribution is 2.16. The minimum Gasteiger partial charge on any atom is -0.399 e. The fourth-order valence-electron chi connectivity index (χ4n) is 2.36. The number of likely N-dealkylation sites (N-methyl/N-ethyl adjacent to an activating group) is 1. The Morgan fingerprint density at radius 3 is 2.58 bits per heavy atom. The van der Waals surface area contributed by atoms with Crippen LogP contribution in [0.25, 0.3) is 0 Å². The molecule has 1 aliphatic heterocycles. The predicted octanol–water partition coefficient (Wildman–Crippen LogP) is 1.70. The molecular weight excluding hydrogens is 240 g/mol. The Labute approximate surface area is 114 Å². The van der Waals surface area contributed by atoms with Crippen molar-refractivity contribution in [2.24, 2.45) is 5.92 Å². The van der Waals surface area contributed by atoms with Crippen LogP contribution in [-0.4, -0.2) is 37.6 Å². The van der Waals surface area contributed by atoms with Crippen LogP contribution in [0.4, 0.5) is 5.69 Å². The lowest BCUT2D eigenvalue weighted by Gasteiger charge is -2.27. The smallest absolute Gasteiger partial charge is 0.226 e. The van der Waals surface area contributed by atoms with Crippen molar-refractivity contribution < 1.29 is 9.53 Å². The quantitative estimate of drug-likeness (QED) is 0.840. The number of hydrogen-bond donors (Lipinski definition) is 1. The number of carbonyl (C=O) groups is 1. The van der Waals surface area contributed by atoms with E-state index >= 15 is 0 Å². The number of benzene rings is 1. The maximum atomic E-state index is 12.1. The van der Waals surface area contributed by atoms with Gasteiger partial charge in [0.05, 0.1) is 6.42 Å². The van der Waals surface area contributed by atoms with E-state index in [0.29, 0.717) is 12.3 Å². The standard InChI is InChI=1S/C15H22N2O2/c1-17(11-13-6-8-19-9-7-13)15(18)10-12-2-4-14(16)5-3-12/h2-5,13H,6-11,16H2,1H3. The molecule has 1 fully saturated rings. The number of anilines is 1. The molecular formula is C15H22N2O2. The third kappa shape index (κ3) is 4.24. The number of carbonyl (C=O) groups excluding carboxylic acids is 1. The van der Waals surface area contributed by atoms with Gasteiger partial charge in [-0.3, -0.25) is 4.79 Å². The number of amides is 1. The normalized spacial score (nSPS) is 16.3. The summed E-state index contributed by atoms with van der Waals surface area (Å²) in [7, 11) is 1.88. The van der Waals surface area contributed by atoms with Crippen LogP contribution in [0.1, 0.15) is 18.4 Å². The molecule has 0 bridgehead atoms. The highest BCUT2D eigenvalue weighted by molar-refractivity contribution is 5.78. The zero-order valence-corrected chi connectivity index (χ0v) is 11.5. The molecule has 1 aromatic carbocycles. The summed E-state index contributed by atoms with van der Waals surface area (Å²) in [5.41, 5.74) is 7.37. The van der Waals surface area contributed by atoms with Crippen molar-refractivity contribution in [3.8, 4) is 0 Å². The first kappa shape index (κ1) is 13.9. The van der Waals surface area contributed by atoms with Gasteiger partial charge in [-0.15, -0.1) is 0 Å². The van der Waals surface area contributed by atoms with Crippen LogP contribution in [0.5, 0.6) is 0 Å². The average Bonchev–Trinajstić information content (AvgIpc) is 2.42. The molecule has 0 atom stereocenters. The van der Waals surface area contributed by atoms with Crippen LogP contribution >= 0.6 is 0 Å².